The highest BCUT2D eigenvalue weighted by atomic mass is 19.1. The molecule has 2 aromatic rings. The Bertz CT molecular complexity index is 1290. The number of nitrogens with zero attached hydrogens (tertiary/aromatic N) is 3. The molecule has 6 rings (SSSR count). The lowest BCUT2D eigenvalue weighted by molar-refractivity contribution is -0.131. The van der Waals surface area contributed by atoms with Crippen molar-refractivity contribution in [2.24, 2.45) is 16.8 Å². The second-order valence-corrected chi connectivity index (χ2v) is 11.1. The van der Waals surface area contributed by atoms with Crippen molar-refractivity contribution in [3.63, 3.8) is 0 Å². The Balaban J connectivity index is 1.27. The van der Waals surface area contributed by atoms with Crippen LogP contribution in [0.2, 0.25) is 0 Å². The topological polar surface area (TPSA) is 70.1 Å². The van der Waals surface area contributed by atoms with E-state index in [9.17, 15) is 14.4 Å². The van der Waals surface area contributed by atoms with Crippen LogP contribution in [0, 0.1) is 17.7 Å². The second kappa shape index (κ2) is 9.19. The number of hydrogen-bond donors (Lipinski definition) is 0. The Hall–Kier alpha value is -3.35. The van der Waals surface area contributed by atoms with E-state index < -0.39 is 11.4 Å². The maximum absolute atomic E-state index is 15.6. The van der Waals surface area contributed by atoms with Crippen molar-refractivity contribution in [1.82, 2.24) is 9.80 Å². The van der Waals surface area contributed by atoms with Crippen molar-refractivity contribution in [2.45, 2.75) is 57.4 Å². The second-order valence-electron chi connectivity index (χ2n) is 11.1. The molecule has 0 aromatic heterocycles. The van der Waals surface area contributed by atoms with Gasteiger partial charge < -0.3 is 4.90 Å². The number of amidine groups is 1. The van der Waals surface area contributed by atoms with Crippen molar-refractivity contribution in [1.29, 1.82) is 0 Å². The number of carbonyl (C=O) groups is 3. The molecule has 1 saturated heterocycles. The molecular weight excluding hydrogens is 469 g/mol. The smallest absolute Gasteiger partial charge is 0.256 e. The van der Waals surface area contributed by atoms with Crippen LogP contribution in [-0.4, -0.2) is 58.4 Å². The van der Waals surface area contributed by atoms with Crippen molar-refractivity contribution < 1.29 is 18.8 Å². The summed E-state index contributed by atoms with van der Waals surface area (Å²) in [5.41, 5.74) is 1.70. The van der Waals surface area contributed by atoms with E-state index in [0.717, 1.165) is 44.2 Å². The summed E-state index contributed by atoms with van der Waals surface area (Å²) in [7, 11) is 0. The van der Waals surface area contributed by atoms with Gasteiger partial charge in [-0.2, -0.15) is 0 Å². The molecule has 2 amide bonds. The summed E-state index contributed by atoms with van der Waals surface area (Å²) in [6.07, 6.45) is 6.11. The van der Waals surface area contributed by atoms with Gasteiger partial charge in [0.1, 0.15) is 17.2 Å². The summed E-state index contributed by atoms with van der Waals surface area (Å²) in [5, 5.41) is 0. The number of Topliss-reactive ketones (excluding diaryl/α,β-unsaturated/α-hetero) is 1. The first kappa shape index (κ1) is 24.0. The minimum atomic E-state index is -0.773. The highest BCUT2D eigenvalue weighted by molar-refractivity contribution is 6.15. The van der Waals surface area contributed by atoms with Crippen LogP contribution in [0.15, 0.2) is 47.5 Å². The third-order valence-corrected chi connectivity index (χ3v) is 8.45. The van der Waals surface area contributed by atoms with Crippen molar-refractivity contribution in [2.75, 3.05) is 19.6 Å². The van der Waals surface area contributed by atoms with E-state index in [1.807, 2.05) is 23.1 Å². The van der Waals surface area contributed by atoms with Crippen LogP contribution in [0.1, 0.15) is 67.8 Å². The molecular formula is C30H32FN3O3. The van der Waals surface area contributed by atoms with Crippen LogP contribution in [0.5, 0.6) is 0 Å². The first-order valence-electron chi connectivity index (χ1n) is 13.5. The summed E-state index contributed by atoms with van der Waals surface area (Å²) in [6, 6.07) is 12.2. The van der Waals surface area contributed by atoms with E-state index >= 15 is 4.39 Å². The van der Waals surface area contributed by atoms with Crippen molar-refractivity contribution >= 4 is 23.4 Å². The number of halogens is 1. The monoisotopic (exact) mass is 501 g/mol. The number of likely N-dealkylation sites (tertiary alicyclic amines) is 1. The van der Waals surface area contributed by atoms with Gasteiger partial charge in [0.05, 0.1) is 5.56 Å². The average Bonchev–Trinajstić information content (AvgIpc) is 3.35. The average molecular weight is 502 g/mol. The lowest BCUT2D eigenvalue weighted by Crippen LogP contribution is -2.44. The molecule has 3 fully saturated rings. The summed E-state index contributed by atoms with van der Waals surface area (Å²) >= 11 is 0. The predicted molar refractivity (Wildman–Crippen MR) is 139 cm³/mol. The maximum atomic E-state index is 15.6. The van der Waals surface area contributed by atoms with Crippen LogP contribution in [0.25, 0.3) is 11.1 Å². The highest BCUT2D eigenvalue weighted by Gasteiger charge is 2.51. The number of amides is 2. The normalized spacial score (nSPS) is 22.7. The molecule has 2 heterocycles. The standard InChI is InChI=1S/C30H32FN3O3/c1-19(35)21-4-6-22(7-5-21)24-10-11-25(26(31)16-24)27-32-30(13-2-3-14-30)29(37)34(27)18-20-12-15-33(17-20)28(36)23-8-9-23/h4-7,10-11,16,20,23H,2-3,8-9,12-15,17-18H2,1H3/t20-/m1/s1. The molecule has 0 bridgehead atoms. The fourth-order valence-corrected chi connectivity index (χ4v) is 6.12. The minimum Gasteiger partial charge on any atom is -0.342 e. The molecule has 7 heteroatoms. The van der Waals surface area contributed by atoms with Gasteiger partial charge >= 0.3 is 0 Å². The van der Waals surface area contributed by atoms with E-state index in [1.54, 1.807) is 23.1 Å². The molecule has 2 aliphatic heterocycles. The summed E-state index contributed by atoms with van der Waals surface area (Å²) in [5.74, 6) is 0.573. The molecule has 1 spiro atoms. The fourth-order valence-electron chi connectivity index (χ4n) is 6.12. The van der Waals surface area contributed by atoms with Crippen LogP contribution in [0.4, 0.5) is 4.39 Å². The van der Waals surface area contributed by atoms with Crippen LogP contribution < -0.4 is 0 Å². The number of aliphatic imine (C=N–C) groups is 1. The summed E-state index contributed by atoms with van der Waals surface area (Å²) < 4.78 is 15.6. The van der Waals surface area contributed by atoms with Gasteiger partial charge in [0.2, 0.25) is 5.91 Å². The van der Waals surface area contributed by atoms with E-state index in [1.165, 1.54) is 13.0 Å². The highest BCUT2D eigenvalue weighted by Crippen LogP contribution is 2.41. The van der Waals surface area contributed by atoms with Gasteiger partial charge in [-0.25, -0.2) is 4.39 Å². The van der Waals surface area contributed by atoms with Crippen molar-refractivity contribution in [3.8, 4) is 11.1 Å². The molecule has 2 saturated carbocycles. The quantitative estimate of drug-likeness (QED) is 0.531. The molecule has 1 atom stereocenters. The van der Waals surface area contributed by atoms with E-state index in [0.29, 0.717) is 48.5 Å². The molecule has 37 heavy (non-hydrogen) atoms. The third kappa shape index (κ3) is 4.38. The van der Waals surface area contributed by atoms with Crippen LogP contribution in [0.3, 0.4) is 0 Å². The first-order chi connectivity index (χ1) is 17.8. The summed E-state index contributed by atoms with van der Waals surface area (Å²) in [6.45, 7) is 3.35. The largest absolute Gasteiger partial charge is 0.342 e. The van der Waals surface area contributed by atoms with Gasteiger partial charge in [0.15, 0.2) is 5.78 Å². The van der Waals surface area contributed by atoms with E-state index in [-0.39, 0.29) is 29.4 Å². The molecule has 0 N–H and O–H groups in total. The van der Waals surface area contributed by atoms with E-state index in [4.69, 9.17) is 4.99 Å². The lowest BCUT2D eigenvalue weighted by atomic mass is 9.97. The van der Waals surface area contributed by atoms with Gasteiger partial charge in [-0.1, -0.05) is 43.2 Å². The molecule has 0 unspecified atom stereocenters. The molecule has 0 radical (unpaired) electrons. The summed E-state index contributed by atoms with van der Waals surface area (Å²) in [4.78, 5) is 46.4. The fraction of sp³-hybridized carbons (Fsp3) is 0.467. The van der Waals surface area contributed by atoms with Crippen molar-refractivity contribution in [3.05, 3.63) is 59.4 Å². The Labute approximate surface area is 216 Å². The maximum Gasteiger partial charge on any atom is 0.256 e. The Morgan fingerprint density at radius 1 is 1.03 bits per heavy atom. The molecule has 4 aliphatic rings. The van der Waals surface area contributed by atoms with Gasteiger partial charge in [-0.05, 0) is 68.2 Å². The number of benzene rings is 2. The van der Waals surface area contributed by atoms with E-state index in [2.05, 4.69) is 0 Å². The zero-order valence-electron chi connectivity index (χ0n) is 21.2. The predicted octanol–water partition coefficient (Wildman–Crippen LogP) is 4.86. The minimum absolute atomic E-state index is 0.0137. The first-order valence-corrected chi connectivity index (χ1v) is 13.5. The number of carbonyl (C=O) groups excluding carboxylic acids is 3. The number of ketones is 1. The van der Waals surface area contributed by atoms with Gasteiger partial charge in [-0.15, -0.1) is 0 Å². The molecule has 2 aromatic carbocycles. The third-order valence-electron chi connectivity index (χ3n) is 8.45. The van der Waals surface area contributed by atoms with Gasteiger partial charge in [-0.3, -0.25) is 24.3 Å². The SMILES string of the molecule is CC(=O)c1ccc(-c2ccc(C3=NC4(CCCC4)C(=O)N3C[C@@H]3CCN(C(=O)C4CC4)C3)c(F)c2)cc1. The Morgan fingerprint density at radius 3 is 2.38 bits per heavy atom. The van der Waals surface area contributed by atoms with Gasteiger partial charge in [0.25, 0.3) is 5.91 Å². The van der Waals surface area contributed by atoms with Crippen LogP contribution in [-0.2, 0) is 9.59 Å². The Kier molecular flexibility index (Phi) is 5.97. The lowest BCUT2D eigenvalue weighted by Gasteiger charge is -2.25. The molecule has 6 nitrogen and oxygen atoms in total. The molecule has 2 aliphatic carbocycles. The molecule has 192 valence electrons. The number of hydrogen-bond acceptors (Lipinski definition) is 4. The zero-order valence-corrected chi connectivity index (χ0v) is 21.2. The zero-order chi connectivity index (χ0) is 25.7. The van der Waals surface area contributed by atoms with Gasteiger partial charge in [0, 0.05) is 31.1 Å². The number of rotatable bonds is 6. The Morgan fingerprint density at radius 2 is 1.73 bits per heavy atom. The van der Waals surface area contributed by atoms with Crippen LogP contribution >= 0.6 is 0 Å².